The molecule has 0 N–H and O–H groups in total. The Hall–Kier alpha value is -0.350. The minimum atomic E-state index is -0.977. The molecule has 1 aromatic rings. The highest BCUT2D eigenvalue weighted by molar-refractivity contribution is 7.17. The lowest BCUT2D eigenvalue weighted by Crippen LogP contribution is -2.26. The average molecular weight is 220 g/mol. The third kappa shape index (κ3) is 2.54. The smallest absolute Gasteiger partial charge is 0.342 e. The van der Waals surface area contributed by atoms with E-state index in [4.69, 9.17) is 9.26 Å². The summed E-state index contributed by atoms with van der Waals surface area (Å²) < 4.78 is 20.8. The van der Waals surface area contributed by atoms with Gasteiger partial charge in [-0.2, -0.15) is 0 Å². The molecule has 72 valence electrons. The molecule has 0 aliphatic rings. The van der Waals surface area contributed by atoms with Crippen molar-refractivity contribution in [3.05, 3.63) is 16.6 Å². The second-order valence-electron chi connectivity index (χ2n) is 2.44. The molecule has 1 aromatic heterocycles. The monoisotopic (exact) mass is 220 g/mol. The first-order valence-electron chi connectivity index (χ1n) is 3.80. The van der Waals surface area contributed by atoms with Crippen molar-refractivity contribution in [3.63, 3.8) is 0 Å². The van der Waals surface area contributed by atoms with Crippen LogP contribution in [0.1, 0.15) is 19.5 Å². The largest absolute Gasteiger partial charge is 0.497 e. The maximum absolute atomic E-state index is 10.4. The topological polar surface area (TPSA) is 48.4 Å². The van der Waals surface area contributed by atoms with Crippen molar-refractivity contribution in [2.45, 2.75) is 19.6 Å². The lowest BCUT2D eigenvalue weighted by molar-refractivity contribution is -0.171. The highest BCUT2D eigenvalue weighted by Gasteiger charge is 2.35. The summed E-state index contributed by atoms with van der Waals surface area (Å²) in [4.78, 5) is 4.06. The molecule has 2 atom stereocenters. The van der Waals surface area contributed by atoms with Gasteiger partial charge >= 0.3 is 8.69 Å². The summed E-state index contributed by atoms with van der Waals surface area (Å²) in [6.07, 6.45) is 0. The van der Waals surface area contributed by atoms with Gasteiger partial charge in [-0.25, -0.2) is 4.98 Å². The summed E-state index contributed by atoms with van der Waals surface area (Å²) >= 11 is 1.45. The number of nitrogens with zero attached hydrogens (tertiary/aromatic N) is 1. The summed E-state index contributed by atoms with van der Waals surface area (Å²) in [7, 11) is -0.853. The van der Waals surface area contributed by atoms with E-state index in [0.717, 1.165) is 0 Å². The molecule has 0 fully saturated rings. The molecule has 1 rings (SSSR count). The molecule has 4 nitrogen and oxygen atoms in total. The third-order valence-corrected chi connectivity index (χ3v) is 2.61. The van der Waals surface area contributed by atoms with Gasteiger partial charge in [-0.1, -0.05) is 0 Å². The fourth-order valence-corrected chi connectivity index (χ4v) is 1.91. The number of aromatic nitrogens is 1. The minimum Gasteiger partial charge on any atom is -0.342 e. The van der Waals surface area contributed by atoms with Crippen molar-refractivity contribution in [2.24, 2.45) is 0 Å². The van der Waals surface area contributed by atoms with Crippen LogP contribution < -0.4 is 0 Å². The van der Waals surface area contributed by atoms with Crippen molar-refractivity contribution in [3.8, 4) is 0 Å². The number of hydrogen-bond donors (Lipinski definition) is 0. The lowest BCUT2D eigenvalue weighted by Gasteiger charge is -2.19. The standard InChI is InChI=1S/C7H11NO3PS/c1-3-10-7(2,11-12-9)6-4-13-5-8-6/h4-5,12H,3H2,1-2H3/q+1. The Balaban J connectivity index is 2.83. The maximum Gasteiger partial charge on any atom is 0.497 e. The van der Waals surface area contributed by atoms with Gasteiger partial charge < -0.3 is 4.74 Å². The molecular formula is C7H11NO3PS+. The second-order valence-corrected chi connectivity index (χ2v) is 3.53. The Kier molecular flexibility index (Phi) is 3.93. The number of hydrogen-bond acceptors (Lipinski definition) is 5. The molecular weight excluding hydrogens is 209 g/mol. The van der Waals surface area contributed by atoms with E-state index < -0.39 is 14.5 Å². The molecule has 6 heteroatoms. The van der Waals surface area contributed by atoms with Crippen LogP contribution in [0.25, 0.3) is 0 Å². The fraction of sp³-hybridized carbons (Fsp3) is 0.571. The van der Waals surface area contributed by atoms with E-state index in [2.05, 4.69) is 4.98 Å². The van der Waals surface area contributed by atoms with Crippen molar-refractivity contribution in [1.82, 2.24) is 4.98 Å². The third-order valence-electron chi connectivity index (χ3n) is 1.55. The first-order chi connectivity index (χ1) is 6.23. The van der Waals surface area contributed by atoms with Crippen LogP contribution in [0.3, 0.4) is 0 Å². The van der Waals surface area contributed by atoms with Gasteiger partial charge in [-0.15, -0.1) is 15.9 Å². The van der Waals surface area contributed by atoms with Crippen molar-refractivity contribution >= 4 is 20.0 Å². The van der Waals surface area contributed by atoms with Crippen LogP contribution in [0.4, 0.5) is 0 Å². The van der Waals surface area contributed by atoms with Gasteiger partial charge in [0.1, 0.15) is 5.69 Å². The molecule has 0 aliphatic carbocycles. The van der Waals surface area contributed by atoms with Crippen LogP contribution >= 0.6 is 20.0 Å². The van der Waals surface area contributed by atoms with E-state index in [-0.39, 0.29) is 0 Å². The molecule has 1 heterocycles. The van der Waals surface area contributed by atoms with E-state index in [1.807, 2.05) is 12.3 Å². The predicted octanol–water partition coefficient (Wildman–Crippen LogP) is 2.31. The number of rotatable bonds is 5. The van der Waals surface area contributed by atoms with E-state index in [1.54, 1.807) is 12.4 Å². The van der Waals surface area contributed by atoms with E-state index in [9.17, 15) is 4.57 Å². The maximum atomic E-state index is 10.4. The van der Waals surface area contributed by atoms with Crippen LogP contribution in [0.5, 0.6) is 0 Å². The molecule has 0 aromatic carbocycles. The lowest BCUT2D eigenvalue weighted by atomic mass is 10.2. The van der Waals surface area contributed by atoms with Gasteiger partial charge in [0.25, 0.3) is 5.79 Å². The molecule has 0 spiro atoms. The van der Waals surface area contributed by atoms with Gasteiger partial charge in [0.2, 0.25) is 0 Å². The quantitative estimate of drug-likeness (QED) is 0.564. The Morgan fingerprint density at radius 1 is 1.77 bits per heavy atom. The van der Waals surface area contributed by atoms with Crippen molar-refractivity contribution in [1.29, 1.82) is 0 Å². The molecule has 0 saturated heterocycles. The zero-order valence-corrected chi connectivity index (χ0v) is 9.26. The highest BCUT2D eigenvalue weighted by Crippen LogP contribution is 2.29. The normalized spacial score (nSPS) is 15.8. The summed E-state index contributed by atoms with van der Waals surface area (Å²) in [6.45, 7) is 4.04. The zero-order valence-electron chi connectivity index (χ0n) is 7.44. The fourth-order valence-electron chi connectivity index (χ4n) is 0.947. The second kappa shape index (κ2) is 4.77. The van der Waals surface area contributed by atoms with Crippen LogP contribution in [0.15, 0.2) is 10.9 Å². The zero-order chi connectivity index (χ0) is 9.73. The molecule has 13 heavy (non-hydrogen) atoms. The van der Waals surface area contributed by atoms with Gasteiger partial charge in [0, 0.05) is 18.9 Å². The Morgan fingerprint density at radius 2 is 2.54 bits per heavy atom. The van der Waals surface area contributed by atoms with Gasteiger partial charge in [0.15, 0.2) is 0 Å². The summed E-state index contributed by atoms with van der Waals surface area (Å²) in [5.41, 5.74) is 2.34. The van der Waals surface area contributed by atoms with Gasteiger partial charge in [-0.05, 0) is 11.5 Å². The van der Waals surface area contributed by atoms with Crippen LogP contribution in [0, 0.1) is 0 Å². The van der Waals surface area contributed by atoms with Crippen LogP contribution in [-0.4, -0.2) is 11.6 Å². The Bertz CT molecular complexity index is 267. The number of thiazole rings is 1. The van der Waals surface area contributed by atoms with Crippen LogP contribution in [0.2, 0.25) is 0 Å². The molecule has 0 amide bonds. The SMILES string of the molecule is CCOC(C)(O[PH+]=O)c1cscn1. The van der Waals surface area contributed by atoms with E-state index in [0.29, 0.717) is 12.3 Å². The molecule has 0 bridgehead atoms. The highest BCUT2D eigenvalue weighted by atomic mass is 32.1. The van der Waals surface area contributed by atoms with Gasteiger partial charge in [0.05, 0.1) is 5.51 Å². The molecule has 0 radical (unpaired) electrons. The first kappa shape index (κ1) is 10.7. The van der Waals surface area contributed by atoms with Gasteiger partial charge in [-0.3, -0.25) is 0 Å². The van der Waals surface area contributed by atoms with E-state index in [1.165, 1.54) is 11.3 Å². The number of ether oxygens (including phenoxy) is 1. The first-order valence-corrected chi connectivity index (χ1v) is 5.56. The predicted molar refractivity (Wildman–Crippen MR) is 51.2 cm³/mol. The Labute approximate surface area is 82.2 Å². The van der Waals surface area contributed by atoms with E-state index >= 15 is 0 Å². The summed E-state index contributed by atoms with van der Waals surface area (Å²) in [6, 6.07) is 0. The van der Waals surface area contributed by atoms with Crippen molar-refractivity contribution < 1.29 is 13.8 Å². The van der Waals surface area contributed by atoms with Crippen molar-refractivity contribution in [2.75, 3.05) is 6.61 Å². The molecule has 2 unspecified atom stereocenters. The Morgan fingerprint density at radius 3 is 3.00 bits per heavy atom. The summed E-state index contributed by atoms with van der Waals surface area (Å²) in [5.74, 6) is -0.977. The summed E-state index contributed by atoms with van der Waals surface area (Å²) in [5, 5.41) is 1.82. The average Bonchev–Trinajstić information content (AvgIpc) is 2.57. The molecule has 0 aliphatic heterocycles. The van der Waals surface area contributed by atoms with Crippen LogP contribution in [-0.2, 0) is 19.6 Å². The minimum absolute atomic E-state index is 0.485. The molecule has 0 saturated carbocycles.